The zero-order valence-corrected chi connectivity index (χ0v) is 5.14. The third kappa shape index (κ3) is 5.50. The van der Waals surface area contributed by atoms with E-state index in [0.29, 0.717) is 0 Å². The number of allylic oxidation sites excluding steroid dienone is 1. The molecule has 8 heavy (non-hydrogen) atoms. The summed E-state index contributed by atoms with van der Waals surface area (Å²) in [6, 6.07) is 0. The van der Waals surface area contributed by atoms with E-state index in [1.807, 2.05) is 6.08 Å². The van der Waals surface area contributed by atoms with Gasteiger partial charge in [-0.3, -0.25) is 0 Å². The summed E-state index contributed by atoms with van der Waals surface area (Å²) >= 11 is 0. The van der Waals surface area contributed by atoms with E-state index in [2.05, 4.69) is 0 Å². The molecule has 0 saturated carbocycles. The monoisotopic (exact) mass is 114 g/mol. The Bertz CT molecular complexity index is 59.5. The van der Waals surface area contributed by atoms with Crippen molar-refractivity contribution >= 4 is 0 Å². The molecule has 0 aliphatic carbocycles. The van der Waals surface area contributed by atoms with E-state index in [-0.39, 0.29) is 0 Å². The lowest BCUT2D eigenvalue weighted by atomic mass is 10.2. The van der Waals surface area contributed by atoms with Gasteiger partial charge in [0.05, 0.1) is 0 Å². The summed E-state index contributed by atoms with van der Waals surface area (Å²) in [5.74, 6) is 0. The Labute approximate surface area is 50.6 Å². The molecule has 0 rings (SSSR count). The fourth-order valence-electron chi connectivity index (χ4n) is 0.503. The zero-order valence-electron chi connectivity index (χ0n) is 5.14. The normalized spacial score (nSPS) is 10.6. The van der Waals surface area contributed by atoms with Crippen LogP contribution in [0.25, 0.3) is 0 Å². The molecule has 4 N–H and O–H groups in total. The number of rotatable bonds is 4. The Morgan fingerprint density at radius 3 is 2.50 bits per heavy atom. The minimum atomic E-state index is 0.790. The number of nitrogens with two attached hydrogens (primary N) is 2. The average Bonchev–Trinajstić information content (AvgIpc) is 1.81. The van der Waals surface area contributed by atoms with Crippen LogP contribution in [0.15, 0.2) is 12.3 Å². The molecule has 0 aliphatic rings. The molecule has 2 heteroatoms. The molecule has 0 unspecified atom stereocenters. The van der Waals surface area contributed by atoms with E-state index < -0.39 is 0 Å². The van der Waals surface area contributed by atoms with E-state index in [0.717, 1.165) is 25.8 Å². The first-order chi connectivity index (χ1) is 3.91. The van der Waals surface area contributed by atoms with Crippen LogP contribution in [-0.2, 0) is 0 Å². The van der Waals surface area contributed by atoms with E-state index >= 15 is 0 Å². The second-order valence-corrected chi connectivity index (χ2v) is 1.71. The molecule has 0 atom stereocenters. The highest BCUT2D eigenvalue weighted by molar-refractivity contribution is 4.74. The Morgan fingerprint density at radius 1 is 1.25 bits per heavy atom. The molecular formula is C6H14N2. The molecule has 0 saturated heterocycles. The molecule has 0 fully saturated rings. The van der Waals surface area contributed by atoms with Crippen molar-refractivity contribution in [1.82, 2.24) is 0 Å². The van der Waals surface area contributed by atoms with Gasteiger partial charge in [0.2, 0.25) is 0 Å². The van der Waals surface area contributed by atoms with Crippen LogP contribution in [0, 0.1) is 0 Å². The van der Waals surface area contributed by atoms with Crippen molar-refractivity contribution in [3.05, 3.63) is 12.3 Å². The minimum Gasteiger partial charge on any atom is -0.405 e. The van der Waals surface area contributed by atoms with Crippen LogP contribution in [-0.4, -0.2) is 6.54 Å². The number of hydrogen-bond acceptors (Lipinski definition) is 2. The third-order valence-electron chi connectivity index (χ3n) is 0.961. The van der Waals surface area contributed by atoms with Crippen molar-refractivity contribution in [1.29, 1.82) is 0 Å². The van der Waals surface area contributed by atoms with Crippen molar-refractivity contribution in [2.75, 3.05) is 6.54 Å². The lowest BCUT2D eigenvalue weighted by Gasteiger charge is -1.89. The molecule has 0 aromatic heterocycles. The van der Waals surface area contributed by atoms with E-state index in [1.165, 1.54) is 0 Å². The summed E-state index contributed by atoms with van der Waals surface area (Å²) in [5.41, 5.74) is 10.4. The van der Waals surface area contributed by atoms with Crippen molar-refractivity contribution in [2.24, 2.45) is 11.5 Å². The first-order valence-electron chi connectivity index (χ1n) is 2.98. The van der Waals surface area contributed by atoms with Crippen LogP contribution < -0.4 is 11.5 Å². The van der Waals surface area contributed by atoms with Crippen LogP contribution in [0.2, 0.25) is 0 Å². The topological polar surface area (TPSA) is 52.0 Å². The highest BCUT2D eigenvalue weighted by Gasteiger charge is 1.78. The maximum Gasteiger partial charge on any atom is -0.00772 e. The fraction of sp³-hybridized carbons (Fsp3) is 0.667. The van der Waals surface area contributed by atoms with Crippen LogP contribution in [0.5, 0.6) is 0 Å². The number of unbranched alkanes of at least 4 members (excludes halogenated alkanes) is 2. The molecule has 2 nitrogen and oxygen atoms in total. The Kier molecular flexibility index (Phi) is 6.09. The van der Waals surface area contributed by atoms with Gasteiger partial charge >= 0.3 is 0 Å². The number of hydrogen-bond donors (Lipinski definition) is 2. The molecule has 0 aromatic carbocycles. The van der Waals surface area contributed by atoms with Gasteiger partial charge in [-0.05, 0) is 32.0 Å². The van der Waals surface area contributed by atoms with Crippen molar-refractivity contribution < 1.29 is 0 Å². The van der Waals surface area contributed by atoms with Gasteiger partial charge < -0.3 is 11.5 Å². The van der Waals surface area contributed by atoms with E-state index in [9.17, 15) is 0 Å². The van der Waals surface area contributed by atoms with Crippen LogP contribution in [0.3, 0.4) is 0 Å². The molecule has 0 amide bonds. The Hall–Kier alpha value is -0.500. The van der Waals surface area contributed by atoms with Crippen LogP contribution in [0.4, 0.5) is 0 Å². The van der Waals surface area contributed by atoms with Crippen LogP contribution in [0.1, 0.15) is 19.3 Å². The van der Waals surface area contributed by atoms with E-state index in [4.69, 9.17) is 11.5 Å². The molecular weight excluding hydrogens is 100 g/mol. The lowest BCUT2D eigenvalue weighted by Crippen LogP contribution is -1.96. The molecule has 0 aromatic rings. The van der Waals surface area contributed by atoms with Gasteiger partial charge in [0.1, 0.15) is 0 Å². The third-order valence-corrected chi connectivity index (χ3v) is 0.961. The molecule has 0 radical (unpaired) electrons. The van der Waals surface area contributed by atoms with Crippen LogP contribution >= 0.6 is 0 Å². The van der Waals surface area contributed by atoms with Gasteiger partial charge in [-0.25, -0.2) is 0 Å². The first kappa shape index (κ1) is 7.50. The van der Waals surface area contributed by atoms with Gasteiger partial charge in [-0.1, -0.05) is 6.08 Å². The second kappa shape index (κ2) is 6.50. The second-order valence-electron chi connectivity index (χ2n) is 1.71. The SMILES string of the molecule is NC=CCCCCN. The standard InChI is InChI=1S/C6H14N2/c7-5-3-1-2-4-6-8/h3,5H,1-2,4,6-8H2. The molecule has 48 valence electrons. The van der Waals surface area contributed by atoms with Gasteiger partial charge in [0, 0.05) is 0 Å². The van der Waals surface area contributed by atoms with Crippen molar-refractivity contribution in [3.8, 4) is 0 Å². The Morgan fingerprint density at radius 2 is 2.00 bits per heavy atom. The van der Waals surface area contributed by atoms with Gasteiger partial charge in [-0.15, -0.1) is 0 Å². The smallest absolute Gasteiger partial charge is 0.00772 e. The van der Waals surface area contributed by atoms with Gasteiger partial charge in [0.15, 0.2) is 0 Å². The fourth-order valence-corrected chi connectivity index (χ4v) is 0.503. The van der Waals surface area contributed by atoms with E-state index in [1.54, 1.807) is 6.20 Å². The summed E-state index contributed by atoms with van der Waals surface area (Å²) in [5, 5.41) is 0. The van der Waals surface area contributed by atoms with Gasteiger partial charge in [-0.2, -0.15) is 0 Å². The summed E-state index contributed by atoms with van der Waals surface area (Å²) in [4.78, 5) is 0. The zero-order chi connectivity index (χ0) is 6.24. The summed E-state index contributed by atoms with van der Waals surface area (Å²) in [6.45, 7) is 0.790. The maximum absolute atomic E-state index is 5.26. The van der Waals surface area contributed by atoms with Crippen molar-refractivity contribution in [3.63, 3.8) is 0 Å². The van der Waals surface area contributed by atoms with Gasteiger partial charge in [0.25, 0.3) is 0 Å². The molecule has 0 bridgehead atoms. The van der Waals surface area contributed by atoms with Crippen molar-refractivity contribution in [2.45, 2.75) is 19.3 Å². The molecule has 0 heterocycles. The summed E-state index contributed by atoms with van der Waals surface area (Å²) < 4.78 is 0. The summed E-state index contributed by atoms with van der Waals surface area (Å²) in [7, 11) is 0. The highest BCUT2D eigenvalue weighted by Crippen LogP contribution is 1.92. The average molecular weight is 114 g/mol. The maximum atomic E-state index is 5.26. The molecule has 0 spiro atoms. The predicted molar refractivity (Wildman–Crippen MR) is 36.2 cm³/mol. The Balaban J connectivity index is 2.72. The minimum absolute atomic E-state index is 0.790. The predicted octanol–water partition coefficient (Wildman–Crippen LogP) is 0.588. The highest BCUT2D eigenvalue weighted by atomic mass is 14.5. The largest absolute Gasteiger partial charge is 0.405 e. The summed E-state index contributed by atoms with van der Waals surface area (Å²) in [6.07, 6.45) is 6.86. The molecule has 0 aliphatic heterocycles. The quantitative estimate of drug-likeness (QED) is 0.525. The first-order valence-corrected chi connectivity index (χ1v) is 2.98. The lowest BCUT2D eigenvalue weighted by molar-refractivity contribution is 0.758.